The number of hydrogen-bond donors (Lipinski definition) is 2. The van der Waals surface area contributed by atoms with Crippen LogP contribution in [0, 0.1) is 13.8 Å². The van der Waals surface area contributed by atoms with Crippen molar-refractivity contribution in [2.75, 3.05) is 11.4 Å². The first-order valence-electron chi connectivity index (χ1n) is 10.1. The third-order valence-electron chi connectivity index (χ3n) is 5.24. The number of anilines is 1. The summed E-state index contributed by atoms with van der Waals surface area (Å²) < 4.78 is 5.71. The number of rotatable bonds is 6. The van der Waals surface area contributed by atoms with E-state index in [9.17, 15) is 14.4 Å². The first-order chi connectivity index (χ1) is 14.3. The maximum absolute atomic E-state index is 12.2. The maximum Gasteiger partial charge on any atom is 0.279 e. The van der Waals surface area contributed by atoms with E-state index < -0.39 is 12.0 Å². The Morgan fingerprint density at radius 2 is 1.83 bits per heavy atom. The molecule has 1 aliphatic heterocycles. The molecular weight excluding hydrogens is 382 g/mol. The smallest absolute Gasteiger partial charge is 0.279 e. The van der Waals surface area contributed by atoms with Crippen LogP contribution in [-0.4, -0.2) is 30.4 Å². The fraction of sp³-hybridized carbons (Fsp3) is 0.348. The van der Waals surface area contributed by atoms with E-state index in [1.807, 2.05) is 56.3 Å². The summed E-state index contributed by atoms with van der Waals surface area (Å²) in [6.07, 6.45) is 0.799. The van der Waals surface area contributed by atoms with E-state index in [4.69, 9.17) is 4.74 Å². The fourth-order valence-corrected chi connectivity index (χ4v) is 3.27. The third kappa shape index (κ3) is 5.17. The number of carbonyl (C=O) groups excluding carboxylic acids is 3. The van der Waals surface area contributed by atoms with Gasteiger partial charge in [0.15, 0.2) is 6.10 Å². The van der Waals surface area contributed by atoms with Crippen molar-refractivity contribution in [2.24, 2.45) is 0 Å². The first-order valence-corrected chi connectivity index (χ1v) is 10.1. The highest BCUT2D eigenvalue weighted by Crippen LogP contribution is 2.22. The van der Waals surface area contributed by atoms with Crippen molar-refractivity contribution in [3.8, 4) is 5.75 Å². The Morgan fingerprint density at radius 3 is 2.50 bits per heavy atom. The van der Waals surface area contributed by atoms with Crippen LogP contribution in [0.5, 0.6) is 5.75 Å². The molecule has 0 spiro atoms. The van der Waals surface area contributed by atoms with E-state index in [-0.39, 0.29) is 18.2 Å². The second-order valence-electron chi connectivity index (χ2n) is 7.49. The standard InChI is InChI=1S/C23H27N3O4/c1-15-6-4-7-20(16(15)2)30-17(3)23(29)25-24-21(27)14-18-9-11-19(12-10-18)26-13-5-8-22(26)28/h4,6-7,9-12,17H,5,8,13-14H2,1-3H3,(H,24,27)(H,25,29)/t17-/m1/s1. The second-order valence-corrected chi connectivity index (χ2v) is 7.49. The van der Waals surface area contributed by atoms with Crippen LogP contribution < -0.4 is 20.5 Å². The molecule has 7 nitrogen and oxygen atoms in total. The minimum atomic E-state index is -0.761. The zero-order chi connectivity index (χ0) is 21.7. The number of carbonyl (C=O) groups is 3. The predicted octanol–water partition coefficient (Wildman–Crippen LogP) is 2.59. The normalized spacial score (nSPS) is 14.4. The van der Waals surface area contributed by atoms with Gasteiger partial charge in [-0.15, -0.1) is 0 Å². The van der Waals surface area contributed by atoms with Gasteiger partial charge in [-0.05, 0) is 62.1 Å². The quantitative estimate of drug-likeness (QED) is 0.718. The number of hydrogen-bond acceptors (Lipinski definition) is 4. The van der Waals surface area contributed by atoms with Crippen molar-refractivity contribution >= 4 is 23.4 Å². The molecule has 2 N–H and O–H groups in total. The minimum absolute atomic E-state index is 0.112. The number of amides is 3. The lowest BCUT2D eigenvalue weighted by atomic mass is 10.1. The zero-order valence-electron chi connectivity index (χ0n) is 17.5. The number of aryl methyl sites for hydroxylation is 1. The molecule has 1 saturated heterocycles. The Balaban J connectivity index is 1.47. The molecule has 158 valence electrons. The molecule has 0 radical (unpaired) electrons. The molecule has 0 aromatic heterocycles. The van der Waals surface area contributed by atoms with Gasteiger partial charge in [0, 0.05) is 18.7 Å². The van der Waals surface area contributed by atoms with Crippen molar-refractivity contribution in [1.29, 1.82) is 0 Å². The summed E-state index contributed by atoms with van der Waals surface area (Å²) in [6, 6.07) is 13.0. The molecule has 1 aliphatic rings. The molecule has 3 rings (SSSR count). The van der Waals surface area contributed by atoms with Gasteiger partial charge in [0.25, 0.3) is 5.91 Å². The Hall–Kier alpha value is -3.35. The molecule has 1 fully saturated rings. The Morgan fingerprint density at radius 1 is 1.10 bits per heavy atom. The van der Waals surface area contributed by atoms with Gasteiger partial charge in [-0.1, -0.05) is 24.3 Å². The number of hydrazine groups is 1. The van der Waals surface area contributed by atoms with E-state index >= 15 is 0 Å². The molecule has 0 unspecified atom stereocenters. The van der Waals surface area contributed by atoms with Crippen LogP contribution in [0.25, 0.3) is 0 Å². The fourth-order valence-electron chi connectivity index (χ4n) is 3.27. The van der Waals surface area contributed by atoms with E-state index in [0.29, 0.717) is 12.2 Å². The molecule has 30 heavy (non-hydrogen) atoms. The lowest BCUT2D eigenvalue weighted by Crippen LogP contribution is -2.47. The summed E-state index contributed by atoms with van der Waals surface area (Å²) in [7, 11) is 0. The van der Waals surface area contributed by atoms with Crippen molar-refractivity contribution in [3.63, 3.8) is 0 Å². The predicted molar refractivity (Wildman–Crippen MR) is 114 cm³/mol. The molecule has 3 amide bonds. The summed E-state index contributed by atoms with van der Waals surface area (Å²) in [5, 5.41) is 0. The molecule has 2 aromatic rings. The highest BCUT2D eigenvalue weighted by molar-refractivity contribution is 5.95. The molecule has 7 heteroatoms. The topological polar surface area (TPSA) is 87.7 Å². The molecule has 1 atom stereocenters. The summed E-state index contributed by atoms with van der Waals surface area (Å²) in [5.41, 5.74) is 8.50. The molecule has 1 heterocycles. The highest BCUT2D eigenvalue weighted by Gasteiger charge is 2.21. The average Bonchev–Trinajstić information content (AvgIpc) is 3.16. The van der Waals surface area contributed by atoms with Gasteiger partial charge in [0.1, 0.15) is 5.75 Å². The molecule has 0 bridgehead atoms. The van der Waals surface area contributed by atoms with Crippen molar-refractivity contribution < 1.29 is 19.1 Å². The van der Waals surface area contributed by atoms with Crippen LogP contribution >= 0.6 is 0 Å². The number of benzene rings is 2. The van der Waals surface area contributed by atoms with Crippen molar-refractivity contribution in [2.45, 2.75) is 46.1 Å². The van der Waals surface area contributed by atoms with Crippen LogP contribution in [0.15, 0.2) is 42.5 Å². The number of nitrogens with one attached hydrogen (secondary N) is 2. The van der Waals surface area contributed by atoms with Crippen LogP contribution in [0.4, 0.5) is 5.69 Å². The largest absolute Gasteiger partial charge is 0.481 e. The van der Waals surface area contributed by atoms with E-state index in [2.05, 4.69) is 10.9 Å². The summed E-state index contributed by atoms with van der Waals surface area (Å²) in [6.45, 7) is 6.26. The Kier molecular flexibility index (Phi) is 6.72. The van der Waals surface area contributed by atoms with E-state index in [1.54, 1.807) is 11.8 Å². The highest BCUT2D eigenvalue weighted by atomic mass is 16.5. The number of nitrogens with zero attached hydrogens (tertiary/aromatic N) is 1. The van der Waals surface area contributed by atoms with Gasteiger partial charge in [0.05, 0.1) is 6.42 Å². The number of ether oxygens (including phenoxy) is 1. The van der Waals surface area contributed by atoms with Gasteiger partial charge in [0.2, 0.25) is 11.8 Å². The Labute approximate surface area is 176 Å². The zero-order valence-corrected chi connectivity index (χ0v) is 17.5. The van der Waals surface area contributed by atoms with Gasteiger partial charge in [-0.2, -0.15) is 0 Å². The summed E-state index contributed by atoms with van der Waals surface area (Å²) >= 11 is 0. The average molecular weight is 409 g/mol. The second kappa shape index (κ2) is 9.43. The van der Waals surface area contributed by atoms with Gasteiger partial charge >= 0.3 is 0 Å². The molecule has 2 aromatic carbocycles. The molecule has 0 saturated carbocycles. The lowest BCUT2D eigenvalue weighted by molar-refractivity contribution is -0.132. The van der Waals surface area contributed by atoms with Crippen LogP contribution in [-0.2, 0) is 20.8 Å². The minimum Gasteiger partial charge on any atom is -0.481 e. The Bertz CT molecular complexity index is 940. The first kappa shape index (κ1) is 21.4. The van der Waals surface area contributed by atoms with E-state index in [0.717, 1.165) is 35.3 Å². The van der Waals surface area contributed by atoms with Crippen LogP contribution in [0.2, 0.25) is 0 Å². The van der Waals surface area contributed by atoms with Crippen LogP contribution in [0.3, 0.4) is 0 Å². The maximum atomic E-state index is 12.2. The lowest BCUT2D eigenvalue weighted by Gasteiger charge is -2.17. The van der Waals surface area contributed by atoms with Crippen molar-refractivity contribution in [1.82, 2.24) is 10.9 Å². The van der Waals surface area contributed by atoms with Gasteiger partial charge in [-0.3, -0.25) is 25.2 Å². The SMILES string of the molecule is Cc1cccc(O[C@H](C)C(=O)NNC(=O)Cc2ccc(N3CCCC3=O)cc2)c1C. The molecular formula is C23H27N3O4. The van der Waals surface area contributed by atoms with Gasteiger partial charge < -0.3 is 9.64 Å². The monoisotopic (exact) mass is 409 g/mol. The van der Waals surface area contributed by atoms with E-state index in [1.165, 1.54) is 0 Å². The van der Waals surface area contributed by atoms with Gasteiger partial charge in [-0.25, -0.2) is 0 Å². The summed E-state index contributed by atoms with van der Waals surface area (Å²) in [5.74, 6) is -0.0135. The third-order valence-corrected chi connectivity index (χ3v) is 5.24. The summed E-state index contributed by atoms with van der Waals surface area (Å²) in [4.78, 5) is 37.9. The molecule has 0 aliphatic carbocycles. The van der Waals surface area contributed by atoms with Crippen molar-refractivity contribution in [3.05, 3.63) is 59.2 Å². The van der Waals surface area contributed by atoms with Crippen LogP contribution in [0.1, 0.15) is 36.5 Å².